The molecule has 0 radical (unpaired) electrons. The molecule has 1 aliphatic heterocycles. The van der Waals surface area contributed by atoms with E-state index in [2.05, 4.69) is 5.32 Å². The van der Waals surface area contributed by atoms with Gasteiger partial charge in [0.1, 0.15) is 0 Å². The molecule has 1 atom stereocenters. The van der Waals surface area contributed by atoms with Crippen molar-refractivity contribution in [1.29, 1.82) is 0 Å². The van der Waals surface area contributed by atoms with E-state index < -0.39 is 33.0 Å². The number of hydrogen-bond donors (Lipinski definition) is 1. The fraction of sp³-hybridized carbons (Fsp3) is 0.333. The topological polar surface area (TPSA) is 132 Å². The van der Waals surface area contributed by atoms with Crippen LogP contribution in [0.2, 0.25) is 0 Å². The SMILES string of the molecule is O=C1CCCC(C(=O)c2ccc([N+](=O)[O-])cc2[N+](=O)[O-])N1. The van der Waals surface area contributed by atoms with Gasteiger partial charge in [-0.25, -0.2) is 0 Å². The fourth-order valence-electron chi connectivity index (χ4n) is 2.18. The molecule has 1 N–H and O–H groups in total. The zero-order valence-electron chi connectivity index (χ0n) is 10.8. The Morgan fingerprint density at radius 2 is 1.95 bits per heavy atom. The largest absolute Gasteiger partial charge is 0.346 e. The first-order chi connectivity index (χ1) is 9.90. The molecule has 2 rings (SSSR count). The average molecular weight is 293 g/mol. The number of carbonyl (C=O) groups is 2. The van der Waals surface area contributed by atoms with Crippen LogP contribution in [0.3, 0.4) is 0 Å². The summed E-state index contributed by atoms with van der Waals surface area (Å²) in [6.45, 7) is 0. The van der Waals surface area contributed by atoms with Crippen LogP contribution in [0.4, 0.5) is 11.4 Å². The van der Waals surface area contributed by atoms with Crippen molar-refractivity contribution >= 4 is 23.1 Å². The van der Waals surface area contributed by atoms with Gasteiger partial charge in [-0.15, -0.1) is 0 Å². The van der Waals surface area contributed by atoms with Crippen LogP contribution < -0.4 is 5.32 Å². The van der Waals surface area contributed by atoms with Gasteiger partial charge in [-0.2, -0.15) is 0 Å². The van der Waals surface area contributed by atoms with Gasteiger partial charge in [0.2, 0.25) is 5.91 Å². The van der Waals surface area contributed by atoms with E-state index in [-0.39, 0.29) is 11.5 Å². The Hall–Kier alpha value is -2.84. The Balaban J connectivity index is 2.38. The molecule has 1 aliphatic rings. The molecule has 1 aromatic carbocycles. The van der Waals surface area contributed by atoms with Crippen LogP contribution in [0.25, 0.3) is 0 Å². The normalized spacial score (nSPS) is 17.9. The number of nitrogens with one attached hydrogen (secondary N) is 1. The van der Waals surface area contributed by atoms with Crippen LogP contribution in [0.1, 0.15) is 29.6 Å². The van der Waals surface area contributed by atoms with Gasteiger partial charge in [0.25, 0.3) is 11.4 Å². The van der Waals surface area contributed by atoms with E-state index in [0.29, 0.717) is 19.3 Å². The molecular weight excluding hydrogens is 282 g/mol. The summed E-state index contributed by atoms with van der Waals surface area (Å²) < 4.78 is 0. The Morgan fingerprint density at radius 1 is 1.24 bits per heavy atom. The zero-order valence-corrected chi connectivity index (χ0v) is 10.8. The van der Waals surface area contributed by atoms with Gasteiger partial charge >= 0.3 is 0 Å². The Kier molecular flexibility index (Phi) is 3.92. The third-order valence-electron chi connectivity index (χ3n) is 3.20. The maximum atomic E-state index is 12.3. The highest BCUT2D eigenvalue weighted by Crippen LogP contribution is 2.27. The lowest BCUT2D eigenvalue weighted by Gasteiger charge is -2.21. The summed E-state index contributed by atoms with van der Waals surface area (Å²) in [7, 11) is 0. The molecular formula is C12H11N3O6. The van der Waals surface area contributed by atoms with Crippen LogP contribution in [0.15, 0.2) is 18.2 Å². The molecule has 1 saturated heterocycles. The number of ketones is 1. The highest BCUT2D eigenvalue weighted by molar-refractivity contribution is 6.05. The molecule has 0 aliphatic carbocycles. The average Bonchev–Trinajstić information content (AvgIpc) is 2.45. The van der Waals surface area contributed by atoms with Crippen molar-refractivity contribution in [2.45, 2.75) is 25.3 Å². The summed E-state index contributed by atoms with van der Waals surface area (Å²) in [6, 6.07) is 2.01. The molecule has 1 fully saturated rings. The number of hydrogen-bond acceptors (Lipinski definition) is 6. The van der Waals surface area contributed by atoms with Gasteiger partial charge in [-0.3, -0.25) is 29.8 Å². The lowest BCUT2D eigenvalue weighted by Crippen LogP contribution is -2.44. The standard InChI is InChI=1S/C12H11N3O6/c16-11-3-1-2-9(13-11)12(17)8-5-4-7(14(18)19)6-10(8)15(20)21/h4-6,9H,1-3H2,(H,13,16). The number of rotatable bonds is 4. The summed E-state index contributed by atoms with van der Waals surface area (Å²) in [5.74, 6) is -0.895. The summed E-state index contributed by atoms with van der Waals surface area (Å²) in [4.78, 5) is 43.6. The van der Waals surface area contributed by atoms with Crippen LogP contribution >= 0.6 is 0 Å². The second-order valence-electron chi connectivity index (χ2n) is 4.59. The number of nitro benzene ring substituents is 2. The number of non-ortho nitro benzene ring substituents is 1. The maximum Gasteiger partial charge on any atom is 0.287 e. The van der Waals surface area contributed by atoms with Crippen LogP contribution in [0.5, 0.6) is 0 Å². The Labute approximate surface area is 118 Å². The number of Topliss-reactive ketones (excluding diaryl/α,β-unsaturated/α-hetero) is 1. The van der Waals surface area contributed by atoms with Crippen LogP contribution in [0, 0.1) is 20.2 Å². The number of nitrogens with zero attached hydrogens (tertiary/aromatic N) is 2. The molecule has 110 valence electrons. The van der Waals surface area contributed by atoms with Crippen LogP contribution in [-0.2, 0) is 4.79 Å². The predicted octanol–water partition coefficient (Wildman–Crippen LogP) is 1.35. The first kappa shape index (κ1) is 14.6. The Morgan fingerprint density at radius 3 is 2.52 bits per heavy atom. The minimum absolute atomic E-state index is 0.238. The lowest BCUT2D eigenvalue weighted by molar-refractivity contribution is -0.394. The van der Waals surface area contributed by atoms with Crippen LogP contribution in [-0.4, -0.2) is 27.6 Å². The second-order valence-corrected chi connectivity index (χ2v) is 4.59. The van der Waals surface area contributed by atoms with Crippen molar-refractivity contribution in [2.75, 3.05) is 0 Å². The first-order valence-corrected chi connectivity index (χ1v) is 6.16. The number of piperidine rings is 1. The van der Waals surface area contributed by atoms with E-state index in [9.17, 15) is 29.8 Å². The Bertz CT molecular complexity index is 642. The molecule has 1 aromatic rings. The molecule has 0 saturated carbocycles. The molecule has 0 bridgehead atoms. The van der Waals surface area contributed by atoms with Gasteiger partial charge in [0.15, 0.2) is 5.78 Å². The summed E-state index contributed by atoms with van der Waals surface area (Å²) in [6.07, 6.45) is 1.22. The molecule has 9 nitrogen and oxygen atoms in total. The third kappa shape index (κ3) is 3.02. The molecule has 0 spiro atoms. The first-order valence-electron chi connectivity index (χ1n) is 6.16. The van der Waals surface area contributed by atoms with Gasteiger partial charge in [0.05, 0.1) is 27.5 Å². The fourth-order valence-corrected chi connectivity index (χ4v) is 2.18. The van der Waals surface area contributed by atoms with E-state index in [4.69, 9.17) is 0 Å². The number of carbonyl (C=O) groups excluding carboxylic acids is 2. The van der Waals surface area contributed by atoms with Gasteiger partial charge in [0, 0.05) is 12.5 Å². The van der Waals surface area contributed by atoms with Gasteiger partial charge in [-0.1, -0.05) is 0 Å². The minimum atomic E-state index is -0.842. The van der Waals surface area contributed by atoms with Crippen molar-refractivity contribution < 1.29 is 19.4 Å². The summed E-state index contributed by atoms with van der Waals surface area (Å²) in [5, 5.41) is 24.1. The number of amides is 1. The quantitative estimate of drug-likeness (QED) is 0.506. The number of benzene rings is 1. The predicted molar refractivity (Wildman–Crippen MR) is 69.9 cm³/mol. The zero-order chi connectivity index (χ0) is 15.6. The van der Waals surface area contributed by atoms with Crippen molar-refractivity contribution in [2.24, 2.45) is 0 Å². The molecule has 9 heteroatoms. The van der Waals surface area contributed by atoms with E-state index in [1.54, 1.807) is 0 Å². The molecule has 1 unspecified atom stereocenters. The van der Waals surface area contributed by atoms with Gasteiger partial charge in [-0.05, 0) is 18.9 Å². The molecule has 1 heterocycles. The maximum absolute atomic E-state index is 12.3. The monoisotopic (exact) mass is 293 g/mol. The third-order valence-corrected chi connectivity index (χ3v) is 3.20. The summed E-state index contributed by atoms with van der Waals surface area (Å²) >= 11 is 0. The molecule has 1 amide bonds. The van der Waals surface area contributed by atoms with Crippen molar-refractivity contribution in [3.63, 3.8) is 0 Å². The van der Waals surface area contributed by atoms with Crippen molar-refractivity contribution in [1.82, 2.24) is 5.32 Å². The highest BCUT2D eigenvalue weighted by Gasteiger charge is 2.31. The van der Waals surface area contributed by atoms with E-state index >= 15 is 0 Å². The molecule has 21 heavy (non-hydrogen) atoms. The smallest absolute Gasteiger partial charge is 0.287 e. The number of nitro groups is 2. The second kappa shape index (κ2) is 5.65. The van der Waals surface area contributed by atoms with Crippen molar-refractivity contribution in [3.05, 3.63) is 44.0 Å². The lowest BCUT2D eigenvalue weighted by atomic mass is 9.95. The summed E-state index contributed by atoms with van der Waals surface area (Å²) in [5.41, 5.74) is -1.34. The minimum Gasteiger partial charge on any atom is -0.346 e. The van der Waals surface area contributed by atoms with E-state index in [1.165, 1.54) is 0 Å². The molecule has 0 aromatic heterocycles. The van der Waals surface area contributed by atoms with E-state index in [0.717, 1.165) is 18.2 Å². The van der Waals surface area contributed by atoms with Crippen molar-refractivity contribution in [3.8, 4) is 0 Å². The van der Waals surface area contributed by atoms with Gasteiger partial charge < -0.3 is 5.32 Å². The highest BCUT2D eigenvalue weighted by atomic mass is 16.6. The van der Waals surface area contributed by atoms with E-state index in [1.807, 2.05) is 0 Å².